The monoisotopic (exact) mass is 345 g/mol. The predicted molar refractivity (Wildman–Crippen MR) is 76.0 cm³/mol. The summed E-state index contributed by atoms with van der Waals surface area (Å²) in [5.74, 6) is 4.23. The van der Waals surface area contributed by atoms with Crippen LogP contribution in [0.2, 0.25) is 15.1 Å². The number of hydrazine groups is 1. The summed E-state index contributed by atoms with van der Waals surface area (Å²) in [4.78, 5) is 11.3. The van der Waals surface area contributed by atoms with Gasteiger partial charge in [-0.15, -0.1) is 0 Å². The molecular formula is C9H10Cl3N3O3S. The Bertz CT molecular complexity index is 606. The Kier molecular flexibility index (Phi) is 5.28. The number of halogens is 3. The molecule has 6 nitrogen and oxygen atoms in total. The molecule has 1 amide bonds. The van der Waals surface area contributed by atoms with E-state index in [1.54, 1.807) is 0 Å². The molecule has 0 heterocycles. The summed E-state index contributed by atoms with van der Waals surface area (Å²) in [7, 11) is -3.74. The molecule has 0 aromatic heterocycles. The van der Waals surface area contributed by atoms with Gasteiger partial charge in [-0.3, -0.25) is 14.5 Å². The molecule has 0 aliphatic rings. The number of anilines is 1. The third kappa shape index (κ3) is 4.12. The van der Waals surface area contributed by atoms with E-state index < -0.39 is 22.5 Å². The maximum absolute atomic E-state index is 11.7. The Hall–Kier alpha value is -0.730. The van der Waals surface area contributed by atoms with Crippen LogP contribution in [0.3, 0.4) is 0 Å². The maximum atomic E-state index is 11.7. The number of rotatable bonds is 4. The lowest BCUT2D eigenvalue weighted by atomic mass is 10.3. The number of hydrogen-bond acceptors (Lipinski definition) is 4. The van der Waals surface area contributed by atoms with Crippen LogP contribution in [0, 0.1) is 0 Å². The predicted octanol–water partition coefficient (Wildman–Crippen LogP) is 1.40. The summed E-state index contributed by atoms with van der Waals surface area (Å²) in [6.07, 6.45) is 0.926. The van der Waals surface area contributed by atoms with Crippen LogP contribution in [0.1, 0.15) is 0 Å². The molecule has 19 heavy (non-hydrogen) atoms. The van der Waals surface area contributed by atoms with Crippen molar-refractivity contribution in [3.05, 3.63) is 27.2 Å². The number of carbonyl (C=O) groups excluding carboxylic acids is 1. The van der Waals surface area contributed by atoms with E-state index in [4.69, 9.17) is 40.6 Å². The number of amides is 1. The number of nitrogens with zero attached hydrogens (tertiary/aromatic N) is 1. The summed E-state index contributed by atoms with van der Waals surface area (Å²) in [5, 5.41) is 0.333. The van der Waals surface area contributed by atoms with Crippen LogP contribution in [0.15, 0.2) is 12.1 Å². The smallest absolute Gasteiger partial charge is 0.254 e. The van der Waals surface area contributed by atoms with Crippen molar-refractivity contribution in [2.24, 2.45) is 5.84 Å². The van der Waals surface area contributed by atoms with Crippen molar-refractivity contribution in [2.75, 3.05) is 17.1 Å². The summed E-state index contributed by atoms with van der Waals surface area (Å²) >= 11 is 17.5. The summed E-state index contributed by atoms with van der Waals surface area (Å²) in [6, 6.07) is 2.55. The minimum Gasteiger partial charge on any atom is -0.293 e. The fourth-order valence-electron chi connectivity index (χ4n) is 1.26. The first-order valence-corrected chi connectivity index (χ1v) is 7.76. The first-order valence-electron chi connectivity index (χ1n) is 4.78. The second-order valence-electron chi connectivity index (χ2n) is 3.55. The van der Waals surface area contributed by atoms with Crippen molar-refractivity contribution in [2.45, 2.75) is 0 Å². The largest absolute Gasteiger partial charge is 0.293 e. The van der Waals surface area contributed by atoms with Gasteiger partial charge in [0.15, 0.2) is 0 Å². The van der Waals surface area contributed by atoms with Gasteiger partial charge in [0.25, 0.3) is 5.91 Å². The van der Waals surface area contributed by atoms with Gasteiger partial charge in [-0.05, 0) is 12.1 Å². The van der Waals surface area contributed by atoms with Gasteiger partial charge >= 0.3 is 0 Å². The topological polar surface area (TPSA) is 92.5 Å². The zero-order chi connectivity index (χ0) is 14.8. The van der Waals surface area contributed by atoms with Crippen molar-refractivity contribution in [3.63, 3.8) is 0 Å². The molecule has 0 bridgehead atoms. The molecular weight excluding hydrogens is 337 g/mol. The number of nitrogens with one attached hydrogen (secondary N) is 1. The molecule has 1 aromatic rings. The molecule has 0 unspecified atom stereocenters. The first-order chi connectivity index (χ1) is 8.66. The van der Waals surface area contributed by atoms with Gasteiger partial charge in [-0.25, -0.2) is 14.3 Å². The minimum atomic E-state index is -3.74. The standard InChI is InChI=1S/C9H10Cl3N3O3S/c1-19(17,18)15(4-9(16)14-13)8-3-6(11)5(10)2-7(8)12/h2-3H,4,13H2,1H3,(H,14,16). The summed E-state index contributed by atoms with van der Waals surface area (Å²) in [5.41, 5.74) is 1.88. The van der Waals surface area contributed by atoms with Crippen LogP contribution >= 0.6 is 34.8 Å². The van der Waals surface area contributed by atoms with E-state index in [-0.39, 0.29) is 20.8 Å². The molecule has 0 fully saturated rings. The molecule has 1 rings (SSSR count). The lowest BCUT2D eigenvalue weighted by Gasteiger charge is -2.22. The molecule has 0 atom stereocenters. The van der Waals surface area contributed by atoms with E-state index in [1.165, 1.54) is 12.1 Å². The molecule has 10 heteroatoms. The van der Waals surface area contributed by atoms with Gasteiger partial charge in [0.1, 0.15) is 6.54 Å². The highest BCUT2D eigenvalue weighted by molar-refractivity contribution is 7.92. The van der Waals surface area contributed by atoms with E-state index in [9.17, 15) is 13.2 Å². The van der Waals surface area contributed by atoms with Crippen LogP contribution in [0.4, 0.5) is 5.69 Å². The van der Waals surface area contributed by atoms with E-state index in [1.807, 2.05) is 5.43 Å². The number of nitrogens with two attached hydrogens (primary N) is 1. The maximum Gasteiger partial charge on any atom is 0.254 e. The van der Waals surface area contributed by atoms with Crippen LogP contribution in [-0.2, 0) is 14.8 Å². The van der Waals surface area contributed by atoms with Gasteiger partial charge in [0.2, 0.25) is 10.0 Å². The average Bonchev–Trinajstić information content (AvgIpc) is 2.29. The third-order valence-electron chi connectivity index (χ3n) is 2.11. The zero-order valence-electron chi connectivity index (χ0n) is 9.65. The normalized spacial score (nSPS) is 11.2. The van der Waals surface area contributed by atoms with Gasteiger partial charge in [-0.1, -0.05) is 34.8 Å². The number of sulfonamides is 1. The highest BCUT2D eigenvalue weighted by atomic mass is 35.5. The average molecular weight is 347 g/mol. The Balaban J connectivity index is 3.34. The van der Waals surface area contributed by atoms with Gasteiger partial charge in [0, 0.05) is 0 Å². The number of carbonyl (C=O) groups is 1. The van der Waals surface area contributed by atoms with Crippen LogP contribution < -0.4 is 15.6 Å². The number of hydrogen-bond donors (Lipinski definition) is 2. The highest BCUT2D eigenvalue weighted by Crippen LogP contribution is 2.35. The molecule has 0 spiro atoms. The summed E-state index contributed by atoms with van der Waals surface area (Å²) < 4.78 is 24.2. The highest BCUT2D eigenvalue weighted by Gasteiger charge is 2.23. The van der Waals surface area contributed by atoms with Crippen LogP contribution in [-0.4, -0.2) is 27.1 Å². The van der Waals surface area contributed by atoms with Gasteiger partial charge < -0.3 is 0 Å². The van der Waals surface area contributed by atoms with Crippen molar-refractivity contribution in [1.82, 2.24) is 5.43 Å². The quantitative estimate of drug-likeness (QED) is 0.373. The van der Waals surface area contributed by atoms with E-state index in [0.717, 1.165) is 10.6 Å². The fraction of sp³-hybridized carbons (Fsp3) is 0.222. The third-order valence-corrected chi connectivity index (χ3v) is 4.26. The molecule has 0 aliphatic heterocycles. The molecule has 0 radical (unpaired) electrons. The number of benzene rings is 1. The lowest BCUT2D eigenvalue weighted by molar-refractivity contribution is -0.119. The molecule has 1 aromatic carbocycles. The second kappa shape index (κ2) is 6.15. The molecule has 0 saturated carbocycles. The van der Waals surface area contributed by atoms with Crippen LogP contribution in [0.5, 0.6) is 0 Å². The Morgan fingerprint density at radius 2 is 1.79 bits per heavy atom. The van der Waals surface area contributed by atoms with Crippen molar-refractivity contribution in [1.29, 1.82) is 0 Å². The molecule has 0 aliphatic carbocycles. The molecule has 3 N–H and O–H groups in total. The lowest BCUT2D eigenvalue weighted by Crippen LogP contribution is -2.42. The van der Waals surface area contributed by atoms with Crippen molar-refractivity contribution < 1.29 is 13.2 Å². The minimum absolute atomic E-state index is 0.0437. The van der Waals surface area contributed by atoms with Crippen molar-refractivity contribution >= 4 is 56.4 Å². The van der Waals surface area contributed by atoms with Crippen molar-refractivity contribution in [3.8, 4) is 0 Å². The van der Waals surface area contributed by atoms with E-state index in [0.29, 0.717) is 0 Å². The first kappa shape index (κ1) is 16.3. The van der Waals surface area contributed by atoms with E-state index in [2.05, 4.69) is 0 Å². The summed E-state index contributed by atoms with van der Waals surface area (Å²) in [6.45, 7) is -0.521. The molecule has 106 valence electrons. The van der Waals surface area contributed by atoms with Crippen LogP contribution in [0.25, 0.3) is 0 Å². The second-order valence-corrected chi connectivity index (χ2v) is 6.68. The van der Waals surface area contributed by atoms with Gasteiger partial charge in [-0.2, -0.15) is 0 Å². The zero-order valence-corrected chi connectivity index (χ0v) is 12.7. The van der Waals surface area contributed by atoms with Gasteiger partial charge in [0.05, 0.1) is 27.0 Å². The van der Waals surface area contributed by atoms with E-state index >= 15 is 0 Å². The Labute approximate surface area is 125 Å². The Morgan fingerprint density at radius 1 is 1.26 bits per heavy atom. The molecule has 0 saturated heterocycles. The SMILES string of the molecule is CS(=O)(=O)N(CC(=O)NN)c1cc(Cl)c(Cl)cc1Cl. The Morgan fingerprint density at radius 3 is 2.26 bits per heavy atom. The fourth-order valence-corrected chi connectivity index (χ4v) is 2.81.